The van der Waals surface area contributed by atoms with Crippen molar-refractivity contribution in [2.45, 2.75) is 0 Å². The summed E-state index contributed by atoms with van der Waals surface area (Å²) in [6.07, 6.45) is 0. The molecule has 6 aromatic carbocycles. The summed E-state index contributed by atoms with van der Waals surface area (Å²) in [7, 11) is 0. The van der Waals surface area contributed by atoms with Crippen LogP contribution in [0.3, 0.4) is 0 Å². The zero-order chi connectivity index (χ0) is 27.6. The minimum Gasteiger partial charge on any atom is -0.456 e. The molecule has 0 spiro atoms. The number of oxazole rings is 1. The minimum absolute atomic E-state index is 0.591. The molecule has 0 aliphatic rings. The molecule has 0 bridgehead atoms. The fraction of sp³-hybridized carbons (Fsp3) is 0. The van der Waals surface area contributed by atoms with E-state index in [1.54, 1.807) is 0 Å². The van der Waals surface area contributed by atoms with Crippen LogP contribution in [-0.2, 0) is 0 Å². The van der Waals surface area contributed by atoms with Crippen molar-refractivity contribution in [3.63, 3.8) is 0 Å². The van der Waals surface area contributed by atoms with Gasteiger partial charge in [0.15, 0.2) is 5.58 Å². The number of para-hydroxylation sites is 2. The molecule has 0 N–H and O–H groups in total. The standard InChI is InChI=1S/C37H22N2O3/c1-3-10-23(11-4-1)37-38-28-19-21-33-35(36(28)42-37)27-22-25(18-20-31(27)41-33)39(24-12-5-2-6-13-24)29-15-9-17-32-34(29)26-14-7-8-16-30(26)40-32/h1-22H. The number of hydrogen-bond acceptors (Lipinski definition) is 5. The molecule has 5 nitrogen and oxygen atoms in total. The fourth-order valence-corrected chi connectivity index (χ4v) is 6.02. The van der Waals surface area contributed by atoms with E-state index in [1.807, 2.05) is 78.9 Å². The van der Waals surface area contributed by atoms with E-state index in [-0.39, 0.29) is 0 Å². The van der Waals surface area contributed by atoms with Crippen LogP contribution in [0, 0.1) is 0 Å². The number of hydrogen-bond donors (Lipinski definition) is 0. The maximum Gasteiger partial charge on any atom is 0.227 e. The molecule has 0 aliphatic carbocycles. The van der Waals surface area contributed by atoms with Gasteiger partial charge in [0.1, 0.15) is 27.8 Å². The van der Waals surface area contributed by atoms with Crippen LogP contribution in [0.1, 0.15) is 0 Å². The zero-order valence-corrected chi connectivity index (χ0v) is 22.3. The minimum atomic E-state index is 0.591. The summed E-state index contributed by atoms with van der Waals surface area (Å²) in [4.78, 5) is 7.08. The van der Waals surface area contributed by atoms with E-state index in [2.05, 4.69) is 59.5 Å². The predicted molar refractivity (Wildman–Crippen MR) is 169 cm³/mol. The SMILES string of the molecule is c1ccc(-c2nc3ccc4oc5ccc(N(c6ccccc6)c6cccc7oc8ccccc8c67)cc5c4c3o2)cc1. The Bertz CT molecular complexity index is 2420. The van der Waals surface area contributed by atoms with Crippen molar-refractivity contribution in [2.75, 3.05) is 4.90 Å². The van der Waals surface area contributed by atoms with Crippen molar-refractivity contribution in [1.82, 2.24) is 4.98 Å². The lowest BCUT2D eigenvalue weighted by molar-refractivity contribution is 0.622. The summed E-state index contributed by atoms with van der Waals surface area (Å²) < 4.78 is 19.0. The highest BCUT2D eigenvalue weighted by Gasteiger charge is 2.22. The number of rotatable bonds is 4. The first kappa shape index (κ1) is 22.9. The molecule has 3 aromatic heterocycles. The first-order chi connectivity index (χ1) is 20.8. The largest absolute Gasteiger partial charge is 0.456 e. The van der Waals surface area contributed by atoms with Gasteiger partial charge in [-0.1, -0.05) is 60.7 Å². The summed E-state index contributed by atoms with van der Waals surface area (Å²) in [6.45, 7) is 0. The first-order valence-electron chi connectivity index (χ1n) is 13.9. The summed E-state index contributed by atoms with van der Waals surface area (Å²) >= 11 is 0. The quantitative estimate of drug-likeness (QED) is 0.221. The monoisotopic (exact) mass is 542 g/mol. The Balaban J connectivity index is 1.31. The molecule has 0 radical (unpaired) electrons. The number of aromatic nitrogens is 1. The fourth-order valence-electron chi connectivity index (χ4n) is 6.02. The third-order valence-corrected chi connectivity index (χ3v) is 7.89. The van der Waals surface area contributed by atoms with Crippen LogP contribution in [0.4, 0.5) is 17.1 Å². The van der Waals surface area contributed by atoms with Gasteiger partial charge in [-0.25, -0.2) is 4.98 Å². The van der Waals surface area contributed by atoms with Gasteiger partial charge in [-0.15, -0.1) is 0 Å². The van der Waals surface area contributed by atoms with Crippen molar-refractivity contribution in [1.29, 1.82) is 0 Å². The highest BCUT2D eigenvalue weighted by Crippen LogP contribution is 2.45. The van der Waals surface area contributed by atoms with E-state index in [0.29, 0.717) is 5.89 Å². The molecule has 3 heterocycles. The Morgan fingerprint density at radius 3 is 2.02 bits per heavy atom. The molecule has 0 aliphatic heterocycles. The van der Waals surface area contributed by atoms with Gasteiger partial charge in [0, 0.05) is 27.7 Å². The summed E-state index contributed by atoms with van der Waals surface area (Å²) in [5, 5.41) is 4.03. The average Bonchev–Trinajstić information content (AvgIpc) is 3.75. The van der Waals surface area contributed by atoms with E-state index in [9.17, 15) is 0 Å². The smallest absolute Gasteiger partial charge is 0.227 e. The number of furan rings is 2. The topological polar surface area (TPSA) is 55.6 Å². The molecular weight excluding hydrogens is 520 g/mol. The van der Waals surface area contributed by atoms with Gasteiger partial charge in [-0.3, -0.25) is 0 Å². The second-order valence-corrected chi connectivity index (χ2v) is 10.4. The highest BCUT2D eigenvalue weighted by molar-refractivity contribution is 6.18. The van der Waals surface area contributed by atoms with Gasteiger partial charge in [-0.05, 0) is 72.8 Å². The molecule has 0 saturated heterocycles. The Labute approximate surface area is 239 Å². The maximum atomic E-state index is 6.40. The van der Waals surface area contributed by atoms with Crippen molar-refractivity contribution in [2.24, 2.45) is 0 Å². The Hall–Kier alpha value is -5.81. The molecule has 198 valence electrons. The van der Waals surface area contributed by atoms with Gasteiger partial charge in [-0.2, -0.15) is 0 Å². The van der Waals surface area contributed by atoms with Gasteiger partial charge in [0.05, 0.1) is 16.5 Å². The molecule has 0 atom stereocenters. The van der Waals surface area contributed by atoms with Crippen molar-refractivity contribution in [3.05, 3.63) is 133 Å². The molecular formula is C37H22N2O3. The molecule has 0 saturated carbocycles. The number of fused-ring (bicyclic) bond motifs is 8. The molecule has 9 aromatic rings. The molecule has 5 heteroatoms. The van der Waals surface area contributed by atoms with Crippen LogP contribution in [0.2, 0.25) is 0 Å². The summed E-state index contributed by atoms with van der Waals surface area (Å²) in [5.41, 5.74) is 8.79. The third kappa shape index (κ3) is 3.40. The highest BCUT2D eigenvalue weighted by atomic mass is 16.4. The van der Waals surface area contributed by atoms with E-state index >= 15 is 0 Å². The molecule has 9 rings (SSSR count). The van der Waals surface area contributed by atoms with E-state index in [0.717, 1.165) is 77.6 Å². The summed E-state index contributed by atoms with van der Waals surface area (Å²) in [5.74, 6) is 0.591. The summed E-state index contributed by atoms with van der Waals surface area (Å²) in [6, 6.07) is 45.0. The van der Waals surface area contributed by atoms with Crippen molar-refractivity contribution >= 4 is 72.0 Å². The zero-order valence-electron chi connectivity index (χ0n) is 22.3. The van der Waals surface area contributed by atoms with Gasteiger partial charge in [0.25, 0.3) is 0 Å². The van der Waals surface area contributed by atoms with Crippen LogP contribution in [0.25, 0.3) is 66.4 Å². The van der Waals surface area contributed by atoms with Crippen LogP contribution in [0.5, 0.6) is 0 Å². The molecule has 0 unspecified atom stereocenters. The second kappa shape index (κ2) is 8.85. The van der Waals surface area contributed by atoms with Gasteiger partial charge in [0.2, 0.25) is 5.89 Å². The van der Waals surface area contributed by atoms with Crippen LogP contribution in [-0.4, -0.2) is 4.98 Å². The van der Waals surface area contributed by atoms with Crippen LogP contribution in [0.15, 0.2) is 147 Å². The number of nitrogens with zero attached hydrogens (tertiary/aromatic N) is 2. The van der Waals surface area contributed by atoms with Crippen LogP contribution < -0.4 is 4.90 Å². The molecule has 0 fully saturated rings. The maximum absolute atomic E-state index is 6.40. The number of benzene rings is 6. The Morgan fingerprint density at radius 2 is 1.17 bits per heavy atom. The van der Waals surface area contributed by atoms with Crippen LogP contribution >= 0.6 is 0 Å². The lowest BCUT2D eigenvalue weighted by atomic mass is 10.1. The Kier molecular flexibility index (Phi) is 4.83. The number of anilines is 3. The first-order valence-corrected chi connectivity index (χ1v) is 13.9. The predicted octanol–water partition coefficient (Wildman–Crippen LogP) is 10.8. The third-order valence-electron chi connectivity index (χ3n) is 7.89. The van der Waals surface area contributed by atoms with Crippen molar-refractivity contribution in [3.8, 4) is 11.5 Å². The van der Waals surface area contributed by atoms with Gasteiger partial charge >= 0.3 is 0 Å². The molecule has 0 amide bonds. The lowest BCUT2D eigenvalue weighted by Gasteiger charge is -2.26. The normalized spacial score (nSPS) is 11.8. The second-order valence-electron chi connectivity index (χ2n) is 10.4. The molecule has 42 heavy (non-hydrogen) atoms. The Morgan fingerprint density at radius 1 is 0.476 bits per heavy atom. The van der Waals surface area contributed by atoms with Crippen molar-refractivity contribution < 1.29 is 13.3 Å². The van der Waals surface area contributed by atoms with E-state index in [1.165, 1.54) is 0 Å². The van der Waals surface area contributed by atoms with E-state index < -0.39 is 0 Å². The average molecular weight is 543 g/mol. The van der Waals surface area contributed by atoms with E-state index in [4.69, 9.17) is 18.2 Å². The van der Waals surface area contributed by atoms with Gasteiger partial charge < -0.3 is 18.2 Å². The lowest BCUT2D eigenvalue weighted by Crippen LogP contribution is -2.10.